The second-order valence-corrected chi connectivity index (χ2v) is 7.05. The van der Waals surface area contributed by atoms with Crippen molar-refractivity contribution >= 4 is 52.6 Å². The van der Waals surface area contributed by atoms with Gasteiger partial charge in [0.05, 0.1) is 27.9 Å². The van der Waals surface area contributed by atoms with E-state index in [4.69, 9.17) is 0 Å². The number of aliphatic imine (C=N–C) groups is 1. The Labute approximate surface area is 156 Å². The number of aryl methyl sites for hydroxylation is 3. The second kappa shape index (κ2) is 9.41. The van der Waals surface area contributed by atoms with Crippen molar-refractivity contribution < 1.29 is 0 Å². The minimum absolute atomic E-state index is 0. The van der Waals surface area contributed by atoms with Crippen molar-refractivity contribution in [3.8, 4) is 0 Å². The molecule has 2 heterocycles. The molecule has 0 atom stereocenters. The highest BCUT2D eigenvalue weighted by Crippen LogP contribution is 2.16. The predicted octanol–water partition coefficient (Wildman–Crippen LogP) is 3.05. The van der Waals surface area contributed by atoms with Crippen LogP contribution in [0.15, 0.2) is 10.4 Å². The Morgan fingerprint density at radius 1 is 1.18 bits per heavy atom. The lowest BCUT2D eigenvalue weighted by Crippen LogP contribution is -2.37. The van der Waals surface area contributed by atoms with Gasteiger partial charge in [-0.3, -0.25) is 4.99 Å². The molecular formula is C14H22IN5S2. The number of hydrogen-bond donors (Lipinski definition) is 2. The van der Waals surface area contributed by atoms with E-state index in [2.05, 4.69) is 31.0 Å². The summed E-state index contributed by atoms with van der Waals surface area (Å²) in [5.41, 5.74) is 2.23. The van der Waals surface area contributed by atoms with Gasteiger partial charge in [0.2, 0.25) is 0 Å². The highest BCUT2D eigenvalue weighted by Gasteiger charge is 2.06. The third kappa shape index (κ3) is 5.81. The predicted molar refractivity (Wildman–Crippen MR) is 106 cm³/mol. The molecule has 0 aromatic carbocycles. The van der Waals surface area contributed by atoms with Crippen molar-refractivity contribution in [2.75, 3.05) is 13.6 Å². The minimum atomic E-state index is 0. The third-order valence-corrected chi connectivity index (χ3v) is 4.87. The molecule has 8 heteroatoms. The van der Waals surface area contributed by atoms with Gasteiger partial charge in [0.25, 0.3) is 0 Å². The molecule has 122 valence electrons. The first kappa shape index (κ1) is 19.3. The molecule has 0 radical (unpaired) electrons. The third-order valence-electron chi connectivity index (χ3n) is 2.98. The summed E-state index contributed by atoms with van der Waals surface area (Å²) in [6.07, 6.45) is 0.906. The SMILES string of the molecule is CN=C(NCCc1csc(C)n1)NCc1sc(C)nc1C.I. The summed E-state index contributed by atoms with van der Waals surface area (Å²) in [7, 11) is 1.78. The minimum Gasteiger partial charge on any atom is -0.356 e. The zero-order valence-electron chi connectivity index (χ0n) is 13.3. The van der Waals surface area contributed by atoms with Crippen LogP contribution in [-0.2, 0) is 13.0 Å². The van der Waals surface area contributed by atoms with Gasteiger partial charge in [-0.1, -0.05) is 0 Å². The maximum Gasteiger partial charge on any atom is 0.191 e. The Kier molecular flexibility index (Phi) is 8.26. The molecule has 0 aliphatic rings. The molecule has 0 bridgehead atoms. The molecule has 2 N–H and O–H groups in total. The fourth-order valence-electron chi connectivity index (χ4n) is 1.95. The fourth-order valence-corrected chi connectivity index (χ4v) is 3.48. The van der Waals surface area contributed by atoms with Gasteiger partial charge in [-0.25, -0.2) is 9.97 Å². The number of halogens is 1. The fraction of sp³-hybridized carbons (Fsp3) is 0.500. The van der Waals surface area contributed by atoms with Crippen molar-refractivity contribution in [1.29, 1.82) is 0 Å². The average Bonchev–Trinajstić information content (AvgIpc) is 2.99. The molecule has 2 aromatic heterocycles. The summed E-state index contributed by atoms with van der Waals surface area (Å²) in [6.45, 7) is 7.68. The van der Waals surface area contributed by atoms with Crippen molar-refractivity contribution in [2.24, 2.45) is 4.99 Å². The number of thiazole rings is 2. The first-order valence-corrected chi connectivity index (χ1v) is 8.56. The van der Waals surface area contributed by atoms with E-state index in [-0.39, 0.29) is 24.0 Å². The summed E-state index contributed by atoms with van der Waals surface area (Å²) in [6, 6.07) is 0. The standard InChI is InChI=1S/C14H21N5S2.HI/c1-9-13(21-11(3)18-9)7-17-14(15-4)16-6-5-12-8-20-10(2)19-12;/h8H,5-7H2,1-4H3,(H2,15,16,17);1H. The van der Waals surface area contributed by atoms with E-state index in [1.54, 1.807) is 29.7 Å². The zero-order chi connectivity index (χ0) is 15.2. The summed E-state index contributed by atoms with van der Waals surface area (Å²) in [5.74, 6) is 0.812. The smallest absolute Gasteiger partial charge is 0.191 e. The Morgan fingerprint density at radius 3 is 2.50 bits per heavy atom. The van der Waals surface area contributed by atoms with Crippen LogP contribution in [0.4, 0.5) is 0 Å². The molecule has 22 heavy (non-hydrogen) atoms. The Bertz CT molecular complexity index is 621. The van der Waals surface area contributed by atoms with Gasteiger partial charge in [-0.05, 0) is 20.8 Å². The molecule has 0 fully saturated rings. The maximum atomic E-state index is 4.45. The average molecular weight is 451 g/mol. The summed E-state index contributed by atoms with van der Waals surface area (Å²) < 4.78 is 0. The molecule has 0 saturated heterocycles. The van der Waals surface area contributed by atoms with Crippen LogP contribution in [-0.4, -0.2) is 29.5 Å². The Morgan fingerprint density at radius 2 is 1.95 bits per heavy atom. The molecule has 5 nitrogen and oxygen atoms in total. The van der Waals surface area contributed by atoms with Gasteiger partial charge in [0, 0.05) is 30.3 Å². The highest BCUT2D eigenvalue weighted by atomic mass is 127. The zero-order valence-corrected chi connectivity index (χ0v) is 17.2. The molecule has 2 rings (SSSR count). The van der Waals surface area contributed by atoms with Crippen molar-refractivity contribution in [3.63, 3.8) is 0 Å². The molecule has 0 amide bonds. The number of hydrogen-bond acceptors (Lipinski definition) is 5. The summed E-state index contributed by atoms with van der Waals surface area (Å²) in [4.78, 5) is 14.4. The molecule has 0 aliphatic heterocycles. The van der Waals surface area contributed by atoms with Crippen LogP contribution in [0.3, 0.4) is 0 Å². The van der Waals surface area contributed by atoms with Crippen LogP contribution in [0.2, 0.25) is 0 Å². The summed E-state index contributed by atoms with van der Waals surface area (Å²) >= 11 is 3.42. The Balaban J connectivity index is 0.00000242. The van der Waals surface area contributed by atoms with Crippen LogP contribution in [0.1, 0.15) is 26.3 Å². The van der Waals surface area contributed by atoms with Crippen molar-refractivity contribution in [3.05, 3.63) is 31.7 Å². The Hall–Kier alpha value is -0.740. The monoisotopic (exact) mass is 451 g/mol. The number of rotatable bonds is 5. The van der Waals surface area contributed by atoms with Gasteiger partial charge < -0.3 is 10.6 Å². The van der Waals surface area contributed by atoms with E-state index in [0.29, 0.717) is 0 Å². The van der Waals surface area contributed by atoms with Gasteiger partial charge in [0.1, 0.15) is 0 Å². The van der Waals surface area contributed by atoms with Crippen molar-refractivity contribution in [1.82, 2.24) is 20.6 Å². The number of guanidine groups is 1. The molecule has 2 aromatic rings. The van der Waals surface area contributed by atoms with E-state index in [9.17, 15) is 0 Å². The maximum absolute atomic E-state index is 4.45. The van der Waals surface area contributed by atoms with E-state index >= 15 is 0 Å². The van der Waals surface area contributed by atoms with Gasteiger partial charge in [0.15, 0.2) is 5.96 Å². The molecule has 0 aliphatic carbocycles. The molecule has 0 spiro atoms. The molecule has 0 unspecified atom stereocenters. The van der Waals surface area contributed by atoms with E-state index < -0.39 is 0 Å². The van der Waals surface area contributed by atoms with Crippen LogP contribution < -0.4 is 10.6 Å². The van der Waals surface area contributed by atoms with E-state index in [1.807, 2.05) is 20.8 Å². The lowest BCUT2D eigenvalue weighted by molar-refractivity contribution is 0.787. The lowest BCUT2D eigenvalue weighted by atomic mass is 10.3. The normalized spacial score (nSPS) is 11.2. The largest absolute Gasteiger partial charge is 0.356 e. The van der Waals surface area contributed by atoms with Crippen LogP contribution in [0, 0.1) is 20.8 Å². The van der Waals surface area contributed by atoms with Gasteiger partial charge in [-0.15, -0.1) is 46.7 Å². The van der Waals surface area contributed by atoms with E-state index in [0.717, 1.165) is 46.9 Å². The second-order valence-electron chi connectivity index (χ2n) is 4.70. The van der Waals surface area contributed by atoms with Crippen LogP contribution in [0.5, 0.6) is 0 Å². The van der Waals surface area contributed by atoms with Gasteiger partial charge in [-0.2, -0.15) is 0 Å². The molecule has 0 saturated carbocycles. The van der Waals surface area contributed by atoms with Crippen molar-refractivity contribution in [2.45, 2.75) is 33.7 Å². The number of nitrogens with zero attached hydrogens (tertiary/aromatic N) is 3. The topological polar surface area (TPSA) is 62.2 Å². The first-order valence-electron chi connectivity index (χ1n) is 6.87. The van der Waals surface area contributed by atoms with Crippen LogP contribution in [0.25, 0.3) is 0 Å². The van der Waals surface area contributed by atoms with Gasteiger partial charge >= 0.3 is 0 Å². The molecular weight excluding hydrogens is 429 g/mol. The highest BCUT2D eigenvalue weighted by molar-refractivity contribution is 14.0. The summed E-state index contributed by atoms with van der Waals surface area (Å²) in [5, 5.41) is 11.0. The number of nitrogens with one attached hydrogen (secondary N) is 2. The quantitative estimate of drug-likeness (QED) is 0.417. The first-order chi connectivity index (χ1) is 10.1. The van der Waals surface area contributed by atoms with E-state index in [1.165, 1.54) is 4.88 Å². The van der Waals surface area contributed by atoms with Crippen LogP contribution >= 0.6 is 46.7 Å². The lowest BCUT2D eigenvalue weighted by Gasteiger charge is -2.10. The number of aromatic nitrogens is 2.